The van der Waals surface area contributed by atoms with E-state index in [1.165, 1.54) is 4.90 Å². The minimum Gasteiger partial charge on any atom is -0.354 e. The molecule has 0 radical (unpaired) electrons. The molecule has 38 heavy (non-hydrogen) atoms. The molecule has 2 aliphatic heterocycles. The van der Waals surface area contributed by atoms with Gasteiger partial charge in [0.2, 0.25) is 0 Å². The van der Waals surface area contributed by atoms with Crippen molar-refractivity contribution in [2.75, 3.05) is 31.1 Å². The van der Waals surface area contributed by atoms with Crippen LogP contribution < -0.4 is 9.80 Å². The van der Waals surface area contributed by atoms with Gasteiger partial charge in [0, 0.05) is 11.1 Å². The van der Waals surface area contributed by atoms with Crippen LogP contribution in [0.15, 0.2) is 89.6 Å². The summed E-state index contributed by atoms with van der Waals surface area (Å²) in [6.45, 7) is 2.16. The molecule has 3 aromatic carbocycles. The fourth-order valence-electron chi connectivity index (χ4n) is 5.11. The molecule has 1 saturated heterocycles. The number of carbonyl (C=O) groups is 2. The molecule has 0 spiro atoms. The fraction of sp³-hybridized carbons (Fsp3) is 0.214. The van der Waals surface area contributed by atoms with Crippen LogP contribution in [0.4, 0.5) is 18.9 Å². The Morgan fingerprint density at radius 3 is 1.87 bits per heavy atom. The van der Waals surface area contributed by atoms with Crippen LogP contribution >= 0.6 is 23.2 Å². The monoisotopic (exact) mass is 560 g/mol. The molecule has 0 atom stereocenters. The molecule has 0 aliphatic carbocycles. The van der Waals surface area contributed by atoms with Crippen molar-refractivity contribution < 1.29 is 27.7 Å². The molecule has 0 unspecified atom stereocenters. The van der Waals surface area contributed by atoms with Crippen molar-refractivity contribution in [1.82, 2.24) is 4.90 Å². The third-order valence-electron chi connectivity index (χ3n) is 6.91. The van der Waals surface area contributed by atoms with E-state index in [0.29, 0.717) is 37.1 Å². The van der Waals surface area contributed by atoms with Crippen molar-refractivity contribution in [3.8, 4) is 0 Å². The molecule has 1 N–H and O–H groups in total. The topological polar surface area (TPSA) is 45.1 Å². The standard InChI is InChI=1S/C28H22Cl2F3N3O2/c29-21-12-11-20(28(31,32)33)17-22(21)36-26(37)23(30)25(27(36)38)35-15-13-34(14-16-35)24(18-7-3-1-4-8-18)19-9-5-2-6-10-19/h1-12,17,24H,13-16H2/p+1. The molecule has 196 valence electrons. The Balaban J connectivity index is 1.38. The second-order valence-corrected chi connectivity index (χ2v) is 9.96. The molecule has 2 amide bonds. The lowest BCUT2D eigenvalue weighted by molar-refractivity contribution is -0.929. The number of amides is 2. The fourth-order valence-corrected chi connectivity index (χ4v) is 5.59. The number of carbonyl (C=O) groups excluding carboxylic acids is 2. The van der Waals surface area contributed by atoms with E-state index in [1.54, 1.807) is 4.90 Å². The number of hydrogen-bond acceptors (Lipinski definition) is 3. The smallest absolute Gasteiger partial charge is 0.354 e. The van der Waals surface area contributed by atoms with E-state index in [9.17, 15) is 22.8 Å². The molecule has 10 heteroatoms. The summed E-state index contributed by atoms with van der Waals surface area (Å²) in [6, 6.07) is 22.9. The molecule has 2 heterocycles. The summed E-state index contributed by atoms with van der Waals surface area (Å²) in [6.07, 6.45) is -4.67. The van der Waals surface area contributed by atoms with Gasteiger partial charge in [-0.05, 0) is 18.2 Å². The minimum absolute atomic E-state index is 0.0137. The highest BCUT2D eigenvalue weighted by atomic mass is 35.5. The third-order valence-corrected chi connectivity index (χ3v) is 7.58. The highest BCUT2D eigenvalue weighted by Crippen LogP contribution is 2.39. The molecule has 0 bridgehead atoms. The van der Waals surface area contributed by atoms with Gasteiger partial charge in [-0.15, -0.1) is 0 Å². The van der Waals surface area contributed by atoms with Crippen LogP contribution in [-0.2, 0) is 15.8 Å². The van der Waals surface area contributed by atoms with E-state index < -0.39 is 23.6 Å². The van der Waals surface area contributed by atoms with Crippen molar-refractivity contribution in [2.45, 2.75) is 12.2 Å². The second-order valence-electron chi connectivity index (χ2n) is 9.17. The normalized spacial score (nSPS) is 17.2. The molecule has 2 aliphatic rings. The summed E-state index contributed by atoms with van der Waals surface area (Å²) in [5.74, 6) is -1.68. The summed E-state index contributed by atoms with van der Waals surface area (Å²) in [7, 11) is 0. The minimum atomic E-state index is -4.67. The van der Waals surface area contributed by atoms with Crippen LogP contribution in [-0.4, -0.2) is 42.9 Å². The number of hydrogen-bond donors (Lipinski definition) is 1. The maximum Gasteiger partial charge on any atom is 0.416 e. The predicted octanol–water partition coefficient (Wildman–Crippen LogP) is 4.67. The molecule has 1 fully saturated rings. The molecular weight excluding hydrogens is 538 g/mol. The van der Waals surface area contributed by atoms with E-state index in [4.69, 9.17) is 23.2 Å². The number of piperazine rings is 1. The molecule has 0 aromatic heterocycles. The Morgan fingerprint density at radius 2 is 1.34 bits per heavy atom. The van der Waals surface area contributed by atoms with Crippen LogP contribution in [0, 0.1) is 0 Å². The number of nitrogens with one attached hydrogen (secondary N) is 1. The summed E-state index contributed by atoms with van der Waals surface area (Å²) in [5.41, 5.74) is 0.947. The molecular formula is C28H23Cl2F3N3O2+. The first kappa shape index (κ1) is 26.3. The van der Waals surface area contributed by atoms with Gasteiger partial charge in [0.1, 0.15) is 16.8 Å². The zero-order valence-electron chi connectivity index (χ0n) is 20.0. The van der Waals surface area contributed by atoms with Gasteiger partial charge >= 0.3 is 6.18 Å². The maximum absolute atomic E-state index is 13.4. The first-order chi connectivity index (χ1) is 18.2. The Hall–Kier alpha value is -3.33. The largest absolute Gasteiger partial charge is 0.416 e. The number of benzene rings is 3. The summed E-state index contributed by atoms with van der Waals surface area (Å²) >= 11 is 12.4. The van der Waals surface area contributed by atoms with Crippen LogP contribution in [0.2, 0.25) is 5.02 Å². The van der Waals surface area contributed by atoms with Crippen molar-refractivity contribution in [2.24, 2.45) is 0 Å². The zero-order valence-corrected chi connectivity index (χ0v) is 21.5. The lowest BCUT2D eigenvalue weighted by Gasteiger charge is -2.38. The number of nitrogens with zero attached hydrogens (tertiary/aromatic N) is 2. The second kappa shape index (κ2) is 10.4. The zero-order chi connectivity index (χ0) is 27.0. The van der Waals surface area contributed by atoms with Gasteiger partial charge in [-0.2, -0.15) is 13.2 Å². The highest BCUT2D eigenvalue weighted by molar-refractivity contribution is 6.53. The highest BCUT2D eigenvalue weighted by Gasteiger charge is 2.44. The van der Waals surface area contributed by atoms with Crippen molar-refractivity contribution in [3.63, 3.8) is 0 Å². The van der Waals surface area contributed by atoms with Crippen LogP contribution in [0.1, 0.15) is 22.7 Å². The SMILES string of the molecule is O=C1C(Cl)=C(N2CC[NH+](C(c3ccccc3)c3ccccc3)CC2)C(=O)N1c1cc(C(F)(F)F)ccc1Cl. The van der Waals surface area contributed by atoms with E-state index >= 15 is 0 Å². The number of quaternary nitrogens is 1. The quantitative estimate of drug-likeness (QED) is 0.461. The molecule has 0 saturated carbocycles. The van der Waals surface area contributed by atoms with Crippen LogP contribution in [0.3, 0.4) is 0 Å². The molecule has 5 rings (SSSR count). The van der Waals surface area contributed by atoms with E-state index in [2.05, 4.69) is 24.3 Å². The number of halogens is 5. The van der Waals surface area contributed by atoms with Gasteiger partial charge in [-0.1, -0.05) is 83.9 Å². The molecule has 5 nitrogen and oxygen atoms in total. The number of rotatable bonds is 5. The third kappa shape index (κ3) is 4.91. The van der Waals surface area contributed by atoms with Crippen molar-refractivity contribution in [1.29, 1.82) is 0 Å². The Morgan fingerprint density at radius 1 is 0.789 bits per heavy atom. The van der Waals surface area contributed by atoms with Gasteiger partial charge in [-0.3, -0.25) is 9.59 Å². The van der Waals surface area contributed by atoms with E-state index in [0.717, 1.165) is 23.3 Å². The van der Waals surface area contributed by atoms with Gasteiger partial charge in [0.25, 0.3) is 11.8 Å². The van der Waals surface area contributed by atoms with E-state index in [-0.39, 0.29) is 27.5 Å². The summed E-state index contributed by atoms with van der Waals surface area (Å²) < 4.78 is 39.9. The average Bonchev–Trinajstić information content (AvgIpc) is 3.13. The van der Waals surface area contributed by atoms with E-state index in [1.807, 2.05) is 36.4 Å². The first-order valence-electron chi connectivity index (χ1n) is 12.0. The van der Waals surface area contributed by atoms with Crippen molar-refractivity contribution in [3.05, 3.63) is 111 Å². The summed E-state index contributed by atoms with van der Waals surface area (Å²) in [4.78, 5) is 30.0. The Kier molecular flexibility index (Phi) is 7.22. The number of imide groups is 1. The van der Waals surface area contributed by atoms with Crippen LogP contribution in [0.25, 0.3) is 0 Å². The predicted molar refractivity (Wildman–Crippen MR) is 139 cm³/mol. The lowest BCUT2D eigenvalue weighted by atomic mass is 9.96. The van der Waals surface area contributed by atoms with Gasteiger partial charge in [-0.25, -0.2) is 4.90 Å². The lowest BCUT2D eigenvalue weighted by Crippen LogP contribution is -3.15. The maximum atomic E-state index is 13.4. The van der Waals surface area contributed by atoms with Crippen LogP contribution in [0.5, 0.6) is 0 Å². The average molecular weight is 561 g/mol. The Bertz CT molecular complexity index is 1350. The van der Waals surface area contributed by atoms with Gasteiger partial charge < -0.3 is 9.80 Å². The first-order valence-corrected chi connectivity index (χ1v) is 12.8. The van der Waals surface area contributed by atoms with Gasteiger partial charge in [0.05, 0.1) is 42.5 Å². The Labute approximate surface area is 227 Å². The number of anilines is 1. The number of alkyl halides is 3. The molecule has 3 aromatic rings. The van der Waals surface area contributed by atoms with Crippen molar-refractivity contribution >= 4 is 40.7 Å². The van der Waals surface area contributed by atoms with Gasteiger partial charge in [0.15, 0.2) is 0 Å². The summed E-state index contributed by atoms with van der Waals surface area (Å²) in [5, 5.41) is -0.483.